The third-order valence-electron chi connectivity index (χ3n) is 7.19. The van der Waals surface area contributed by atoms with Crippen LogP contribution in [0, 0.1) is 6.92 Å². The monoisotopic (exact) mass is 489 g/mol. The van der Waals surface area contributed by atoms with Crippen molar-refractivity contribution in [3.05, 3.63) is 51.5 Å². The highest BCUT2D eigenvalue weighted by atomic mass is 32.1. The van der Waals surface area contributed by atoms with E-state index >= 15 is 0 Å². The van der Waals surface area contributed by atoms with E-state index in [9.17, 15) is 4.79 Å². The van der Waals surface area contributed by atoms with Gasteiger partial charge in [-0.3, -0.25) is 9.48 Å². The van der Waals surface area contributed by atoms with Crippen LogP contribution < -0.4 is 15.5 Å². The Morgan fingerprint density at radius 3 is 2.89 bits per heavy atom. The predicted molar refractivity (Wildman–Crippen MR) is 141 cm³/mol. The predicted octanol–water partition coefficient (Wildman–Crippen LogP) is 4.69. The summed E-state index contributed by atoms with van der Waals surface area (Å²) < 4.78 is 1.85. The average Bonchev–Trinajstić information content (AvgIpc) is 3.57. The van der Waals surface area contributed by atoms with Crippen molar-refractivity contribution in [1.82, 2.24) is 25.1 Å². The third-order valence-corrected chi connectivity index (χ3v) is 8.43. The topological polar surface area (TPSA) is 90.9 Å². The maximum Gasteiger partial charge on any atom is 0.261 e. The van der Waals surface area contributed by atoms with Crippen LogP contribution >= 0.6 is 11.3 Å². The second kappa shape index (κ2) is 9.03. The molecule has 0 saturated carbocycles. The first-order valence-corrected chi connectivity index (χ1v) is 13.3. The largest absolute Gasteiger partial charge is 0.369 e. The fourth-order valence-electron chi connectivity index (χ4n) is 5.27. The summed E-state index contributed by atoms with van der Waals surface area (Å²) in [4.78, 5) is 25.7. The zero-order valence-electron chi connectivity index (χ0n) is 20.2. The van der Waals surface area contributed by atoms with Crippen LogP contribution in [-0.2, 0) is 19.9 Å². The molecular weight excluding hydrogens is 458 g/mol. The summed E-state index contributed by atoms with van der Waals surface area (Å²) in [5.74, 6) is 1.60. The molecule has 1 saturated heterocycles. The number of H-pyrrole nitrogens is 1. The van der Waals surface area contributed by atoms with Crippen LogP contribution in [0.5, 0.6) is 0 Å². The Kier molecular flexibility index (Phi) is 5.72. The number of hydrogen-bond donors (Lipinski definition) is 3. The Morgan fingerprint density at radius 1 is 1.17 bits per heavy atom. The van der Waals surface area contributed by atoms with Crippen molar-refractivity contribution in [2.75, 3.05) is 23.3 Å². The van der Waals surface area contributed by atoms with Crippen LogP contribution in [0.25, 0.3) is 11.0 Å². The van der Waals surface area contributed by atoms with Gasteiger partial charge in [-0.1, -0.05) is 0 Å². The molecule has 0 unspecified atom stereocenters. The standard InChI is InChI=1S/C26H31N7OS/c1-16-12-24(31-32(16)2)29-23-14-20(19-9-10-27-25(19)30-23)33-11-5-7-18(15-33)28-26(34)22-13-17-6-3-4-8-21(17)35-22/h9-10,12-14,18H,3-8,11,15H2,1-2H3,(H,28,34)(H2,27,29,30,31)/t18-/m0/s1. The molecule has 35 heavy (non-hydrogen) atoms. The normalized spacial score (nSPS) is 18.0. The van der Waals surface area contributed by atoms with E-state index in [1.54, 1.807) is 11.3 Å². The Bertz CT molecular complexity index is 1340. The van der Waals surface area contributed by atoms with Crippen molar-refractivity contribution in [3.63, 3.8) is 0 Å². The lowest BCUT2D eigenvalue weighted by molar-refractivity contribution is 0.0937. The number of thiophene rings is 1. The third kappa shape index (κ3) is 4.40. The van der Waals surface area contributed by atoms with E-state index in [2.05, 4.69) is 43.8 Å². The molecule has 182 valence electrons. The lowest BCUT2D eigenvalue weighted by atomic mass is 9.99. The molecule has 0 radical (unpaired) electrons. The number of fused-ring (bicyclic) bond motifs is 2. The zero-order chi connectivity index (χ0) is 23.9. The quantitative estimate of drug-likeness (QED) is 0.378. The molecule has 9 heteroatoms. The average molecular weight is 490 g/mol. The van der Waals surface area contributed by atoms with Gasteiger partial charge in [0, 0.05) is 60.5 Å². The number of carbonyl (C=O) groups excluding carboxylic acids is 1. The van der Waals surface area contributed by atoms with Crippen LogP contribution in [0.3, 0.4) is 0 Å². The molecule has 0 bridgehead atoms. The van der Waals surface area contributed by atoms with Gasteiger partial charge in [-0.25, -0.2) is 4.98 Å². The number of aromatic nitrogens is 4. The number of piperidine rings is 1. The van der Waals surface area contributed by atoms with Crippen LogP contribution in [0.15, 0.2) is 30.5 Å². The first-order valence-electron chi connectivity index (χ1n) is 12.5. The highest BCUT2D eigenvalue weighted by Crippen LogP contribution is 2.32. The van der Waals surface area contributed by atoms with Crippen LogP contribution in [0.1, 0.15) is 51.5 Å². The minimum absolute atomic E-state index is 0.0747. The molecular formula is C26H31N7OS. The molecule has 0 spiro atoms. The number of rotatable bonds is 5. The molecule has 4 aromatic heterocycles. The maximum absolute atomic E-state index is 13.1. The van der Waals surface area contributed by atoms with Gasteiger partial charge in [-0.15, -0.1) is 11.3 Å². The zero-order valence-corrected chi connectivity index (χ0v) is 21.0. The Morgan fingerprint density at radius 2 is 2.06 bits per heavy atom. The molecule has 0 aromatic carbocycles. The Hall–Kier alpha value is -3.33. The Labute approximate surface area is 208 Å². The smallest absolute Gasteiger partial charge is 0.261 e. The number of aryl methyl sites for hydroxylation is 4. The van der Waals surface area contributed by atoms with E-state index in [0.717, 1.165) is 77.7 Å². The fraction of sp³-hybridized carbons (Fsp3) is 0.423. The van der Waals surface area contributed by atoms with Crippen molar-refractivity contribution in [3.8, 4) is 0 Å². The van der Waals surface area contributed by atoms with Crippen LogP contribution in [0.4, 0.5) is 17.3 Å². The van der Waals surface area contributed by atoms with Crippen molar-refractivity contribution < 1.29 is 4.79 Å². The number of anilines is 3. The van der Waals surface area contributed by atoms with Gasteiger partial charge in [0.25, 0.3) is 5.91 Å². The van der Waals surface area contributed by atoms with Crippen LogP contribution in [0.2, 0.25) is 0 Å². The van der Waals surface area contributed by atoms with Crippen molar-refractivity contribution >= 4 is 45.6 Å². The molecule has 2 aliphatic rings. The molecule has 4 aromatic rings. The summed E-state index contributed by atoms with van der Waals surface area (Å²) in [6.07, 6.45) is 8.65. The van der Waals surface area contributed by atoms with E-state index in [4.69, 9.17) is 4.98 Å². The lowest BCUT2D eigenvalue weighted by Crippen LogP contribution is -2.47. The number of nitrogens with zero attached hydrogens (tertiary/aromatic N) is 4. The summed E-state index contributed by atoms with van der Waals surface area (Å²) >= 11 is 1.68. The van der Waals surface area contributed by atoms with Gasteiger partial charge in [-0.2, -0.15) is 5.10 Å². The van der Waals surface area contributed by atoms with Crippen molar-refractivity contribution in [2.24, 2.45) is 7.05 Å². The summed E-state index contributed by atoms with van der Waals surface area (Å²) in [7, 11) is 1.93. The molecule has 8 nitrogen and oxygen atoms in total. The van der Waals surface area contributed by atoms with Gasteiger partial charge in [0.1, 0.15) is 11.5 Å². The van der Waals surface area contributed by atoms with E-state index in [1.807, 2.05) is 30.9 Å². The fourth-order valence-corrected chi connectivity index (χ4v) is 6.43. The summed E-state index contributed by atoms with van der Waals surface area (Å²) in [5.41, 5.74) is 4.42. The van der Waals surface area contributed by atoms with Crippen molar-refractivity contribution in [1.29, 1.82) is 0 Å². The summed E-state index contributed by atoms with van der Waals surface area (Å²) in [6.45, 7) is 3.76. The number of carbonyl (C=O) groups is 1. The lowest BCUT2D eigenvalue weighted by Gasteiger charge is -2.35. The van der Waals surface area contributed by atoms with E-state index in [1.165, 1.54) is 23.3 Å². The van der Waals surface area contributed by atoms with Gasteiger partial charge in [0.05, 0.1) is 10.6 Å². The number of amides is 1. The minimum atomic E-state index is 0.0747. The number of nitrogens with one attached hydrogen (secondary N) is 3. The van der Waals surface area contributed by atoms with E-state index in [-0.39, 0.29) is 11.9 Å². The first kappa shape index (κ1) is 22.2. The van der Waals surface area contributed by atoms with E-state index < -0.39 is 0 Å². The van der Waals surface area contributed by atoms with Gasteiger partial charge >= 0.3 is 0 Å². The second-order valence-corrected chi connectivity index (χ2v) is 10.8. The highest BCUT2D eigenvalue weighted by molar-refractivity contribution is 7.14. The van der Waals surface area contributed by atoms with Crippen molar-refractivity contribution in [2.45, 2.75) is 51.5 Å². The first-order chi connectivity index (χ1) is 17.0. The summed E-state index contributed by atoms with van der Waals surface area (Å²) in [5, 5.41) is 12.3. The molecule has 6 rings (SSSR count). The number of pyridine rings is 1. The highest BCUT2D eigenvalue weighted by Gasteiger charge is 2.25. The van der Waals surface area contributed by atoms with Gasteiger partial charge in [-0.05, 0) is 63.1 Å². The van der Waals surface area contributed by atoms with E-state index in [0.29, 0.717) is 0 Å². The molecule has 1 aliphatic heterocycles. The van der Waals surface area contributed by atoms with Gasteiger partial charge in [0.2, 0.25) is 0 Å². The molecule has 1 amide bonds. The molecule has 1 fully saturated rings. The molecule has 3 N–H and O–H groups in total. The maximum atomic E-state index is 13.1. The van der Waals surface area contributed by atoms with Gasteiger partial charge in [0.15, 0.2) is 5.82 Å². The number of aromatic amines is 1. The minimum Gasteiger partial charge on any atom is -0.369 e. The molecule has 5 heterocycles. The van der Waals surface area contributed by atoms with Crippen LogP contribution in [-0.4, -0.2) is 44.8 Å². The molecule has 1 aliphatic carbocycles. The SMILES string of the molecule is Cc1cc(Nc2cc(N3CCC[C@H](NC(=O)c4cc5c(s4)CCCC5)C3)c3cc[nH]c3n2)nn1C. The second-order valence-electron chi connectivity index (χ2n) is 9.71. The summed E-state index contributed by atoms with van der Waals surface area (Å²) in [6, 6.07) is 8.42. The molecule has 1 atom stereocenters. The Balaban J connectivity index is 1.21. The van der Waals surface area contributed by atoms with Gasteiger partial charge < -0.3 is 20.5 Å². The number of hydrogen-bond acceptors (Lipinski definition) is 6.